The van der Waals surface area contributed by atoms with E-state index in [1.165, 1.54) is 12.3 Å². The number of nitrogens with zero attached hydrogens (tertiary/aromatic N) is 2. The first-order chi connectivity index (χ1) is 14.4. The van der Waals surface area contributed by atoms with Gasteiger partial charge in [0.05, 0.1) is 6.20 Å². The van der Waals surface area contributed by atoms with Crippen LogP contribution in [-0.2, 0) is 15.4 Å². The molecule has 0 unspecified atom stereocenters. The minimum absolute atomic E-state index is 0. The van der Waals surface area contributed by atoms with Crippen molar-refractivity contribution in [3.8, 4) is 11.6 Å². The van der Waals surface area contributed by atoms with Gasteiger partial charge < -0.3 is 4.74 Å². The van der Waals surface area contributed by atoms with Gasteiger partial charge in [0.25, 0.3) is 15.9 Å². The van der Waals surface area contributed by atoms with Crippen LogP contribution >= 0.6 is 0 Å². The monoisotopic (exact) mass is 444 g/mol. The molecule has 0 spiro atoms. The van der Waals surface area contributed by atoms with Crippen LogP contribution in [0.1, 0.15) is 54.9 Å². The zero-order valence-electron chi connectivity index (χ0n) is 18.4. The lowest BCUT2D eigenvalue weighted by Crippen LogP contribution is -2.31. The minimum atomic E-state index is -4.09. The number of aromatic nitrogens is 3. The molecule has 0 saturated carbocycles. The molecule has 0 saturated heterocycles. The number of rotatable bonds is 5. The molecule has 3 aromatic rings. The summed E-state index contributed by atoms with van der Waals surface area (Å²) in [5.74, 6) is -0.218. The molecule has 0 bridgehead atoms. The Balaban J connectivity index is 0.00000363. The Morgan fingerprint density at radius 3 is 2.32 bits per heavy atom. The zero-order chi connectivity index (χ0) is 23.0. The second-order valence-electron chi connectivity index (χ2n) is 8.50. The largest absolute Gasteiger partial charge is 0.438 e. The van der Waals surface area contributed by atoms with E-state index in [0.717, 1.165) is 22.9 Å². The van der Waals surface area contributed by atoms with Crippen LogP contribution in [-0.4, -0.2) is 29.5 Å². The Morgan fingerprint density at radius 2 is 1.77 bits per heavy atom. The summed E-state index contributed by atoms with van der Waals surface area (Å²) in [6, 6.07) is 7.17. The van der Waals surface area contributed by atoms with Gasteiger partial charge in [0.15, 0.2) is 0 Å². The smallest absolute Gasteiger partial charge is 0.270 e. The number of aryl methyl sites for hydroxylation is 3. The quantitative estimate of drug-likeness (QED) is 0.610. The molecule has 2 aromatic heterocycles. The lowest BCUT2D eigenvalue weighted by Gasteiger charge is -2.21. The number of carbonyl (C=O) groups is 1. The molecule has 166 valence electrons. The third-order valence-corrected chi connectivity index (χ3v) is 5.99. The van der Waals surface area contributed by atoms with Crippen molar-refractivity contribution >= 4 is 15.9 Å². The van der Waals surface area contributed by atoms with Gasteiger partial charge in [-0.2, -0.15) is 5.10 Å². The van der Waals surface area contributed by atoms with Crippen molar-refractivity contribution in [2.45, 2.75) is 51.9 Å². The first-order valence-electron chi connectivity index (χ1n) is 9.71. The molecule has 0 aliphatic heterocycles. The van der Waals surface area contributed by atoms with Crippen molar-refractivity contribution < 1.29 is 19.4 Å². The van der Waals surface area contributed by atoms with E-state index in [4.69, 9.17) is 4.74 Å². The molecule has 3 rings (SSSR count). The number of aromatic amines is 1. The highest BCUT2D eigenvalue weighted by atomic mass is 32.2. The molecule has 0 aliphatic carbocycles. The highest BCUT2D eigenvalue weighted by Crippen LogP contribution is 2.32. The van der Waals surface area contributed by atoms with E-state index < -0.39 is 15.9 Å². The summed E-state index contributed by atoms with van der Waals surface area (Å²) in [5.41, 5.74) is 3.28. The predicted molar refractivity (Wildman–Crippen MR) is 119 cm³/mol. The Morgan fingerprint density at radius 1 is 1.13 bits per heavy atom. The maximum atomic E-state index is 12.9. The second-order valence-corrected chi connectivity index (χ2v) is 10.2. The van der Waals surface area contributed by atoms with Crippen LogP contribution in [0.15, 0.2) is 41.6 Å². The fourth-order valence-electron chi connectivity index (χ4n) is 3.16. The van der Waals surface area contributed by atoms with Gasteiger partial charge in [0.2, 0.25) is 5.88 Å². The molecule has 8 nitrogen and oxygen atoms in total. The average Bonchev–Trinajstić information content (AvgIpc) is 3.19. The number of hydrogen-bond donors (Lipinski definition) is 2. The first-order valence-corrected chi connectivity index (χ1v) is 11.2. The average molecular weight is 445 g/mol. The summed E-state index contributed by atoms with van der Waals surface area (Å²) in [5, 5.41) is 6.03. The van der Waals surface area contributed by atoms with Gasteiger partial charge in [-0.15, -0.1) is 0 Å². The number of ether oxygens (including phenoxy) is 1. The van der Waals surface area contributed by atoms with E-state index in [0.29, 0.717) is 11.4 Å². The summed E-state index contributed by atoms with van der Waals surface area (Å²) >= 11 is 0. The SMILES string of the molecule is Cc1cc(C)c(Oc2nc(C(C)(C)C)ccc2C(=O)NS(=O)(=O)c2cn[nH]c2)c(C)c1.[HH]. The third-order valence-electron chi connectivity index (χ3n) is 4.69. The van der Waals surface area contributed by atoms with Gasteiger partial charge in [-0.1, -0.05) is 38.5 Å². The van der Waals surface area contributed by atoms with Crippen molar-refractivity contribution in [3.05, 3.63) is 64.6 Å². The van der Waals surface area contributed by atoms with Crippen molar-refractivity contribution in [2.75, 3.05) is 0 Å². The number of hydrogen-bond acceptors (Lipinski definition) is 6. The highest BCUT2D eigenvalue weighted by molar-refractivity contribution is 7.90. The summed E-state index contributed by atoms with van der Waals surface area (Å²) < 4.78 is 33.1. The van der Waals surface area contributed by atoms with Crippen LogP contribution in [0.3, 0.4) is 0 Å². The van der Waals surface area contributed by atoms with E-state index >= 15 is 0 Å². The number of amides is 1. The predicted octanol–water partition coefficient (Wildman–Crippen LogP) is 4.18. The van der Waals surface area contributed by atoms with E-state index in [-0.39, 0.29) is 23.2 Å². The molecule has 9 heteroatoms. The Hall–Kier alpha value is -3.20. The van der Waals surface area contributed by atoms with Gasteiger partial charge in [0.1, 0.15) is 16.2 Å². The summed E-state index contributed by atoms with van der Waals surface area (Å²) in [7, 11) is -4.09. The van der Waals surface area contributed by atoms with E-state index in [9.17, 15) is 13.2 Å². The van der Waals surface area contributed by atoms with Crippen molar-refractivity contribution in [1.29, 1.82) is 0 Å². The van der Waals surface area contributed by atoms with Crippen LogP contribution < -0.4 is 9.46 Å². The van der Waals surface area contributed by atoms with Crippen LogP contribution in [0.5, 0.6) is 11.6 Å². The lowest BCUT2D eigenvalue weighted by atomic mass is 9.91. The molecule has 0 atom stereocenters. The van der Waals surface area contributed by atoms with Gasteiger partial charge in [0, 0.05) is 18.7 Å². The number of pyridine rings is 1. The lowest BCUT2D eigenvalue weighted by molar-refractivity contribution is 0.0978. The molecule has 31 heavy (non-hydrogen) atoms. The maximum absolute atomic E-state index is 12.9. The Labute approximate surface area is 183 Å². The number of sulfonamides is 1. The molecule has 0 aliphatic rings. The second kappa shape index (κ2) is 8.14. The topological polar surface area (TPSA) is 114 Å². The first kappa shape index (κ1) is 22.5. The van der Waals surface area contributed by atoms with Gasteiger partial charge in [-0.3, -0.25) is 9.89 Å². The van der Waals surface area contributed by atoms with Crippen molar-refractivity contribution in [3.63, 3.8) is 0 Å². The Bertz CT molecular complexity index is 1210. The fourth-order valence-corrected chi connectivity index (χ4v) is 4.03. The van der Waals surface area contributed by atoms with E-state index in [2.05, 4.69) is 19.9 Å². The third kappa shape index (κ3) is 4.93. The van der Waals surface area contributed by atoms with Crippen LogP contribution in [0.4, 0.5) is 0 Å². The van der Waals surface area contributed by atoms with Crippen LogP contribution in [0, 0.1) is 20.8 Å². The molecule has 2 N–H and O–H groups in total. The highest BCUT2D eigenvalue weighted by Gasteiger charge is 2.26. The molecule has 1 aromatic carbocycles. The van der Waals surface area contributed by atoms with Crippen LogP contribution in [0.2, 0.25) is 0 Å². The summed E-state index contributed by atoms with van der Waals surface area (Å²) in [6.45, 7) is 11.8. The van der Waals surface area contributed by atoms with E-state index in [1.54, 1.807) is 6.07 Å². The molecule has 1 amide bonds. The standard InChI is InChI=1S/C22H26N4O4S.H2/c1-13-9-14(2)19(15(3)10-13)30-21-17(7-8-18(25-21)22(4,5)6)20(27)26-31(28,29)16-11-23-24-12-16;/h7-12H,1-6H3,(H,23,24)(H,26,27);1H. The molecular formula is C22H28N4O4S. The molecule has 0 radical (unpaired) electrons. The van der Waals surface area contributed by atoms with Gasteiger partial charge in [-0.25, -0.2) is 18.1 Å². The number of H-pyrrole nitrogens is 1. The number of carbonyl (C=O) groups excluding carboxylic acids is 1. The van der Waals surface area contributed by atoms with Gasteiger partial charge >= 0.3 is 0 Å². The fraction of sp³-hybridized carbons (Fsp3) is 0.318. The zero-order valence-corrected chi connectivity index (χ0v) is 19.2. The maximum Gasteiger partial charge on any atom is 0.270 e. The number of benzene rings is 1. The minimum Gasteiger partial charge on any atom is -0.438 e. The molecular weight excluding hydrogens is 416 g/mol. The summed E-state index contributed by atoms with van der Waals surface area (Å²) in [4.78, 5) is 17.3. The molecule has 2 heterocycles. The Kier molecular flexibility index (Phi) is 5.91. The summed E-state index contributed by atoms with van der Waals surface area (Å²) in [6.07, 6.45) is 2.31. The van der Waals surface area contributed by atoms with Gasteiger partial charge in [-0.05, 0) is 44.0 Å². The normalized spacial score (nSPS) is 11.9. The molecule has 0 fully saturated rings. The van der Waals surface area contributed by atoms with Crippen LogP contribution in [0.25, 0.3) is 0 Å². The van der Waals surface area contributed by atoms with E-state index in [1.807, 2.05) is 53.7 Å². The number of nitrogens with one attached hydrogen (secondary N) is 2. The van der Waals surface area contributed by atoms with Crippen molar-refractivity contribution in [2.24, 2.45) is 0 Å². The van der Waals surface area contributed by atoms with Crippen molar-refractivity contribution in [1.82, 2.24) is 19.9 Å².